The number of rotatable bonds is 3. The van der Waals surface area contributed by atoms with Crippen molar-refractivity contribution in [2.45, 2.75) is 14.9 Å². The summed E-state index contributed by atoms with van der Waals surface area (Å²) >= 11 is 0. The SMILES string of the molecule is C.C.C=CC(=O)OCC(=O)OC. The molecule has 0 bridgehead atoms. The molecule has 72 valence electrons. The third kappa shape index (κ3) is 8.68. The van der Waals surface area contributed by atoms with Crippen LogP contribution in [-0.2, 0) is 19.1 Å². The van der Waals surface area contributed by atoms with Crippen molar-refractivity contribution in [3.05, 3.63) is 12.7 Å². The van der Waals surface area contributed by atoms with Crippen molar-refractivity contribution in [2.75, 3.05) is 13.7 Å². The van der Waals surface area contributed by atoms with Gasteiger partial charge in [0.25, 0.3) is 0 Å². The highest BCUT2D eigenvalue weighted by atomic mass is 16.6. The molecule has 0 unspecified atom stereocenters. The second-order valence-electron chi connectivity index (χ2n) is 1.39. The number of ether oxygens (including phenoxy) is 2. The van der Waals surface area contributed by atoms with Crippen molar-refractivity contribution >= 4 is 11.9 Å². The maximum Gasteiger partial charge on any atom is 0.344 e. The van der Waals surface area contributed by atoms with E-state index in [1.807, 2.05) is 0 Å². The van der Waals surface area contributed by atoms with Crippen LogP contribution in [0.25, 0.3) is 0 Å². The standard InChI is InChI=1S/C6H8O4.2CH4/c1-3-5(7)10-4-6(8)9-2;;/h3H,1,4H2,2H3;2*1H4. The first-order valence-electron chi connectivity index (χ1n) is 2.56. The molecular formula is C8H16O4. The lowest BCUT2D eigenvalue weighted by molar-refractivity contribution is -0.154. The molecule has 0 aliphatic rings. The minimum absolute atomic E-state index is 0. The summed E-state index contributed by atoms with van der Waals surface area (Å²) in [5, 5.41) is 0. The molecule has 0 saturated heterocycles. The summed E-state index contributed by atoms with van der Waals surface area (Å²) in [6.07, 6.45) is 0.975. The van der Waals surface area contributed by atoms with Crippen LogP contribution < -0.4 is 0 Å². The van der Waals surface area contributed by atoms with E-state index in [0.717, 1.165) is 6.08 Å². The lowest BCUT2D eigenvalue weighted by Crippen LogP contribution is -2.13. The Bertz CT molecular complexity index is 151. The molecule has 0 aromatic rings. The zero-order valence-corrected chi connectivity index (χ0v) is 5.62. The van der Waals surface area contributed by atoms with Gasteiger partial charge in [-0.2, -0.15) is 0 Å². The van der Waals surface area contributed by atoms with Gasteiger partial charge in [-0.3, -0.25) is 0 Å². The molecular weight excluding hydrogens is 160 g/mol. The zero-order valence-electron chi connectivity index (χ0n) is 5.62. The highest BCUT2D eigenvalue weighted by Gasteiger charge is 2.01. The first kappa shape index (κ1) is 17.0. The highest BCUT2D eigenvalue weighted by Crippen LogP contribution is 1.80. The smallest absolute Gasteiger partial charge is 0.344 e. The van der Waals surface area contributed by atoms with E-state index in [2.05, 4.69) is 16.1 Å². The van der Waals surface area contributed by atoms with Gasteiger partial charge in [0.2, 0.25) is 0 Å². The molecule has 12 heavy (non-hydrogen) atoms. The second-order valence-corrected chi connectivity index (χ2v) is 1.39. The molecule has 0 atom stereocenters. The molecule has 4 nitrogen and oxygen atoms in total. The van der Waals surface area contributed by atoms with Crippen molar-refractivity contribution in [2.24, 2.45) is 0 Å². The third-order valence-corrected chi connectivity index (χ3v) is 0.727. The molecule has 0 rings (SSSR count). The Labute approximate surface area is 73.2 Å². The van der Waals surface area contributed by atoms with Crippen LogP contribution in [0.3, 0.4) is 0 Å². The number of carbonyl (C=O) groups is 2. The van der Waals surface area contributed by atoms with Gasteiger partial charge >= 0.3 is 11.9 Å². The molecule has 0 aromatic carbocycles. The van der Waals surface area contributed by atoms with E-state index in [0.29, 0.717) is 0 Å². The van der Waals surface area contributed by atoms with Gasteiger partial charge in [-0.15, -0.1) is 0 Å². The monoisotopic (exact) mass is 176 g/mol. The van der Waals surface area contributed by atoms with Gasteiger partial charge in [0.05, 0.1) is 7.11 Å². The van der Waals surface area contributed by atoms with Crippen molar-refractivity contribution in [1.29, 1.82) is 0 Å². The number of hydrogen-bond donors (Lipinski definition) is 0. The number of methoxy groups -OCH3 is 1. The first-order chi connectivity index (χ1) is 4.70. The van der Waals surface area contributed by atoms with Crippen molar-refractivity contribution in [3.63, 3.8) is 0 Å². The molecule has 0 aliphatic carbocycles. The van der Waals surface area contributed by atoms with E-state index in [-0.39, 0.29) is 21.5 Å². The second kappa shape index (κ2) is 9.68. The summed E-state index contributed by atoms with van der Waals surface area (Å²) in [7, 11) is 1.21. The van der Waals surface area contributed by atoms with Gasteiger partial charge in [-0.25, -0.2) is 9.59 Å². The molecule has 0 heterocycles. The van der Waals surface area contributed by atoms with E-state index in [4.69, 9.17) is 0 Å². The molecule has 0 aromatic heterocycles. The third-order valence-electron chi connectivity index (χ3n) is 0.727. The highest BCUT2D eigenvalue weighted by molar-refractivity contribution is 5.83. The zero-order chi connectivity index (χ0) is 7.98. The average Bonchev–Trinajstić information content (AvgIpc) is 1.99. The fraction of sp³-hybridized carbons (Fsp3) is 0.500. The average molecular weight is 176 g/mol. The largest absolute Gasteiger partial charge is 0.466 e. The summed E-state index contributed by atoms with van der Waals surface area (Å²) < 4.78 is 8.51. The van der Waals surface area contributed by atoms with Gasteiger partial charge in [-0.1, -0.05) is 21.4 Å². The minimum Gasteiger partial charge on any atom is -0.466 e. The van der Waals surface area contributed by atoms with E-state index in [1.54, 1.807) is 0 Å². The van der Waals surface area contributed by atoms with Crippen LogP contribution in [0, 0.1) is 0 Å². The molecule has 4 heteroatoms. The summed E-state index contributed by atoms with van der Waals surface area (Å²) in [4.78, 5) is 20.6. The Morgan fingerprint density at radius 2 is 1.92 bits per heavy atom. The summed E-state index contributed by atoms with van der Waals surface area (Å²) in [6, 6.07) is 0. The number of carbonyl (C=O) groups excluding carboxylic acids is 2. The van der Waals surface area contributed by atoms with Gasteiger partial charge in [0.15, 0.2) is 6.61 Å². The van der Waals surface area contributed by atoms with Gasteiger partial charge < -0.3 is 9.47 Å². The van der Waals surface area contributed by atoms with Crippen LogP contribution in [0.4, 0.5) is 0 Å². The summed E-state index contributed by atoms with van der Waals surface area (Å²) in [5.74, 6) is -1.22. The van der Waals surface area contributed by atoms with Crippen molar-refractivity contribution in [1.82, 2.24) is 0 Å². The fourth-order valence-corrected chi connectivity index (χ4v) is 0.248. The van der Waals surface area contributed by atoms with Gasteiger partial charge in [0.1, 0.15) is 0 Å². The Kier molecular flexibility index (Phi) is 13.7. The molecule has 0 radical (unpaired) electrons. The first-order valence-corrected chi connectivity index (χ1v) is 2.56. The Morgan fingerprint density at radius 1 is 1.42 bits per heavy atom. The molecule has 0 spiro atoms. The van der Waals surface area contributed by atoms with Crippen LogP contribution in [0.15, 0.2) is 12.7 Å². The topological polar surface area (TPSA) is 52.6 Å². The molecule has 0 fully saturated rings. The van der Waals surface area contributed by atoms with Crippen LogP contribution >= 0.6 is 0 Å². The maximum atomic E-state index is 10.3. The lowest BCUT2D eigenvalue weighted by atomic mass is 10.6. The Balaban J connectivity index is -0.000000405. The van der Waals surface area contributed by atoms with Crippen LogP contribution in [0.1, 0.15) is 14.9 Å². The number of esters is 2. The molecule has 0 amide bonds. The summed E-state index contributed by atoms with van der Waals surface area (Å²) in [5.41, 5.74) is 0. The van der Waals surface area contributed by atoms with Crippen LogP contribution in [-0.4, -0.2) is 25.7 Å². The van der Waals surface area contributed by atoms with E-state index >= 15 is 0 Å². The predicted molar refractivity (Wildman–Crippen MR) is 46.6 cm³/mol. The number of hydrogen-bond acceptors (Lipinski definition) is 4. The van der Waals surface area contributed by atoms with Crippen LogP contribution in [0.5, 0.6) is 0 Å². The van der Waals surface area contributed by atoms with E-state index in [9.17, 15) is 9.59 Å². The normalized spacial score (nSPS) is 6.75. The van der Waals surface area contributed by atoms with Crippen molar-refractivity contribution < 1.29 is 19.1 Å². The van der Waals surface area contributed by atoms with Crippen LogP contribution in [0.2, 0.25) is 0 Å². The maximum absolute atomic E-state index is 10.3. The molecule has 0 saturated carbocycles. The lowest BCUT2D eigenvalue weighted by Gasteiger charge is -1.97. The van der Waals surface area contributed by atoms with Crippen molar-refractivity contribution in [3.8, 4) is 0 Å². The van der Waals surface area contributed by atoms with E-state index in [1.165, 1.54) is 7.11 Å². The van der Waals surface area contributed by atoms with E-state index < -0.39 is 11.9 Å². The molecule has 0 aliphatic heterocycles. The quantitative estimate of drug-likeness (QED) is 0.478. The minimum atomic E-state index is -0.634. The fourth-order valence-electron chi connectivity index (χ4n) is 0.248. The predicted octanol–water partition coefficient (Wildman–Crippen LogP) is 1.16. The summed E-state index contributed by atoms with van der Waals surface area (Å²) in [6.45, 7) is 2.78. The van der Waals surface area contributed by atoms with Gasteiger partial charge in [0, 0.05) is 6.08 Å². The Hall–Kier alpha value is -1.32. The molecule has 0 N–H and O–H groups in total. The van der Waals surface area contributed by atoms with Gasteiger partial charge in [-0.05, 0) is 0 Å². The Morgan fingerprint density at radius 3 is 2.25 bits per heavy atom.